The molecule has 5 rings (SSSR count). The number of methoxy groups -OCH3 is 1. The SMILES string of the molecule is COc1ccccc1Nc1ncnc2c1c(-c1ccccc1)cn2-c1cccc(C)c1. The molecule has 2 heterocycles. The van der Waals surface area contributed by atoms with Crippen molar-refractivity contribution in [3.05, 3.63) is 97.0 Å². The highest BCUT2D eigenvalue weighted by Gasteiger charge is 2.18. The number of hydrogen-bond donors (Lipinski definition) is 1. The number of hydrogen-bond acceptors (Lipinski definition) is 4. The van der Waals surface area contributed by atoms with Gasteiger partial charge in [-0.05, 0) is 42.3 Å². The number of nitrogens with zero attached hydrogens (tertiary/aromatic N) is 3. The summed E-state index contributed by atoms with van der Waals surface area (Å²) in [5, 5.41) is 4.42. The molecule has 0 saturated carbocycles. The average Bonchev–Trinajstić information content (AvgIpc) is 3.21. The van der Waals surface area contributed by atoms with Crippen molar-refractivity contribution in [2.45, 2.75) is 6.92 Å². The van der Waals surface area contributed by atoms with Crippen molar-refractivity contribution in [2.24, 2.45) is 0 Å². The molecular weight excluding hydrogens is 384 g/mol. The number of anilines is 2. The molecule has 0 unspecified atom stereocenters. The molecule has 3 aromatic carbocycles. The summed E-state index contributed by atoms with van der Waals surface area (Å²) < 4.78 is 7.65. The van der Waals surface area contributed by atoms with Gasteiger partial charge < -0.3 is 14.6 Å². The zero-order valence-corrected chi connectivity index (χ0v) is 17.4. The van der Waals surface area contributed by atoms with Crippen molar-refractivity contribution in [2.75, 3.05) is 12.4 Å². The van der Waals surface area contributed by atoms with E-state index in [1.165, 1.54) is 5.56 Å². The quantitative estimate of drug-likeness (QED) is 0.380. The lowest BCUT2D eigenvalue weighted by Crippen LogP contribution is -1.99. The zero-order chi connectivity index (χ0) is 21.2. The molecule has 0 bridgehead atoms. The van der Waals surface area contributed by atoms with Gasteiger partial charge in [-0.1, -0.05) is 54.6 Å². The van der Waals surface area contributed by atoms with Crippen molar-refractivity contribution in [1.82, 2.24) is 14.5 Å². The molecular formula is C26H22N4O. The first-order chi connectivity index (χ1) is 15.2. The van der Waals surface area contributed by atoms with E-state index in [0.717, 1.165) is 45.1 Å². The minimum absolute atomic E-state index is 0.736. The van der Waals surface area contributed by atoms with E-state index in [2.05, 4.69) is 69.4 Å². The predicted octanol–water partition coefficient (Wildman–Crippen LogP) is 6.15. The van der Waals surface area contributed by atoms with Crippen LogP contribution in [0.25, 0.3) is 27.8 Å². The fourth-order valence-corrected chi connectivity index (χ4v) is 3.84. The summed E-state index contributed by atoms with van der Waals surface area (Å²) in [6, 6.07) is 26.6. The Morgan fingerprint density at radius 2 is 1.68 bits per heavy atom. The van der Waals surface area contributed by atoms with Crippen LogP contribution in [0.4, 0.5) is 11.5 Å². The Labute approximate surface area is 181 Å². The molecule has 0 aliphatic carbocycles. The molecule has 31 heavy (non-hydrogen) atoms. The third-order valence-corrected chi connectivity index (χ3v) is 5.31. The molecule has 0 amide bonds. The van der Waals surface area contributed by atoms with Gasteiger partial charge in [-0.15, -0.1) is 0 Å². The highest BCUT2D eigenvalue weighted by molar-refractivity contribution is 6.03. The molecule has 0 saturated heterocycles. The molecule has 152 valence electrons. The van der Waals surface area contributed by atoms with Gasteiger partial charge in [-0.25, -0.2) is 9.97 Å². The number of para-hydroxylation sites is 2. The molecule has 0 radical (unpaired) electrons. The first-order valence-electron chi connectivity index (χ1n) is 10.1. The molecule has 0 atom stereocenters. The fourth-order valence-electron chi connectivity index (χ4n) is 3.84. The Hall–Kier alpha value is -4.12. The van der Waals surface area contributed by atoms with Gasteiger partial charge in [0.2, 0.25) is 0 Å². The molecule has 5 aromatic rings. The van der Waals surface area contributed by atoms with Gasteiger partial charge in [-0.3, -0.25) is 0 Å². The van der Waals surface area contributed by atoms with Gasteiger partial charge >= 0.3 is 0 Å². The van der Waals surface area contributed by atoms with Crippen LogP contribution in [0, 0.1) is 6.92 Å². The van der Waals surface area contributed by atoms with E-state index >= 15 is 0 Å². The maximum absolute atomic E-state index is 5.52. The van der Waals surface area contributed by atoms with E-state index in [1.54, 1.807) is 13.4 Å². The molecule has 2 aromatic heterocycles. The van der Waals surface area contributed by atoms with Crippen LogP contribution in [-0.4, -0.2) is 21.6 Å². The van der Waals surface area contributed by atoms with E-state index in [0.29, 0.717) is 0 Å². The van der Waals surface area contributed by atoms with E-state index in [-0.39, 0.29) is 0 Å². The van der Waals surface area contributed by atoms with Gasteiger partial charge in [0.15, 0.2) is 5.65 Å². The van der Waals surface area contributed by atoms with Crippen LogP contribution in [0.15, 0.2) is 91.4 Å². The van der Waals surface area contributed by atoms with Crippen LogP contribution in [0.5, 0.6) is 5.75 Å². The largest absolute Gasteiger partial charge is 0.495 e. The van der Waals surface area contributed by atoms with Crippen molar-refractivity contribution < 1.29 is 4.74 Å². The number of fused-ring (bicyclic) bond motifs is 1. The van der Waals surface area contributed by atoms with Gasteiger partial charge in [0.1, 0.15) is 17.9 Å². The van der Waals surface area contributed by atoms with Crippen molar-refractivity contribution in [1.29, 1.82) is 0 Å². The lowest BCUT2D eigenvalue weighted by Gasteiger charge is -2.12. The molecule has 0 fully saturated rings. The van der Waals surface area contributed by atoms with Gasteiger partial charge in [0.25, 0.3) is 0 Å². The lowest BCUT2D eigenvalue weighted by molar-refractivity contribution is 0.417. The van der Waals surface area contributed by atoms with Crippen LogP contribution in [0.1, 0.15) is 5.56 Å². The van der Waals surface area contributed by atoms with E-state index < -0.39 is 0 Å². The van der Waals surface area contributed by atoms with Crippen molar-refractivity contribution in [3.8, 4) is 22.6 Å². The van der Waals surface area contributed by atoms with E-state index in [4.69, 9.17) is 4.74 Å². The highest BCUT2D eigenvalue weighted by Crippen LogP contribution is 2.37. The minimum Gasteiger partial charge on any atom is -0.495 e. The number of ether oxygens (including phenoxy) is 1. The Bertz CT molecular complexity index is 1360. The normalized spacial score (nSPS) is 10.9. The maximum Gasteiger partial charge on any atom is 0.150 e. The number of benzene rings is 3. The van der Waals surface area contributed by atoms with Crippen LogP contribution in [0.2, 0.25) is 0 Å². The first kappa shape index (κ1) is 18.9. The molecule has 0 spiro atoms. The molecule has 5 heteroatoms. The molecule has 0 aliphatic rings. The Kier molecular flexibility index (Phi) is 4.84. The first-order valence-corrected chi connectivity index (χ1v) is 10.1. The second kappa shape index (κ2) is 7.95. The summed E-state index contributed by atoms with van der Waals surface area (Å²) in [6.07, 6.45) is 3.73. The Morgan fingerprint density at radius 3 is 2.48 bits per heavy atom. The summed E-state index contributed by atoms with van der Waals surface area (Å²) >= 11 is 0. The number of nitrogens with one attached hydrogen (secondary N) is 1. The van der Waals surface area contributed by atoms with E-state index in [1.807, 2.05) is 42.5 Å². The summed E-state index contributed by atoms with van der Waals surface area (Å²) in [5.41, 5.74) is 6.13. The highest BCUT2D eigenvalue weighted by atomic mass is 16.5. The maximum atomic E-state index is 5.52. The number of aryl methyl sites for hydroxylation is 1. The molecule has 5 nitrogen and oxygen atoms in total. The summed E-state index contributed by atoms with van der Waals surface area (Å²) in [6.45, 7) is 2.09. The van der Waals surface area contributed by atoms with Gasteiger partial charge in [0.05, 0.1) is 18.2 Å². The number of rotatable bonds is 5. The summed E-state index contributed by atoms with van der Waals surface area (Å²) in [5.74, 6) is 1.49. The third-order valence-electron chi connectivity index (χ3n) is 5.31. The molecule has 1 N–H and O–H groups in total. The van der Waals surface area contributed by atoms with Gasteiger partial charge in [-0.2, -0.15) is 0 Å². The summed E-state index contributed by atoms with van der Waals surface area (Å²) in [4.78, 5) is 9.26. The van der Waals surface area contributed by atoms with Crippen LogP contribution in [-0.2, 0) is 0 Å². The third kappa shape index (κ3) is 3.51. The topological polar surface area (TPSA) is 52.0 Å². The minimum atomic E-state index is 0.736. The second-order valence-corrected chi connectivity index (χ2v) is 7.36. The second-order valence-electron chi connectivity index (χ2n) is 7.36. The monoisotopic (exact) mass is 406 g/mol. The van der Waals surface area contributed by atoms with E-state index in [9.17, 15) is 0 Å². The number of aromatic nitrogens is 3. The smallest absolute Gasteiger partial charge is 0.150 e. The lowest BCUT2D eigenvalue weighted by atomic mass is 10.1. The van der Waals surface area contributed by atoms with Crippen molar-refractivity contribution in [3.63, 3.8) is 0 Å². The summed E-state index contributed by atoms with van der Waals surface area (Å²) in [7, 11) is 1.67. The van der Waals surface area contributed by atoms with Crippen LogP contribution >= 0.6 is 0 Å². The standard InChI is InChI=1S/C26H22N4O/c1-18-9-8-12-20(15-18)30-16-21(19-10-4-3-5-11-19)24-25(27-17-28-26(24)30)29-22-13-6-7-14-23(22)31-2/h3-17H,1-2H3,(H,27,28,29). The van der Waals surface area contributed by atoms with Gasteiger partial charge in [0, 0.05) is 17.4 Å². The van der Waals surface area contributed by atoms with Crippen LogP contribution < -0.4 is 10.1 Å². The predicted molar refractivity (Wildman–Crippen MR) is 125 cm³/mol. The van der Waals surface area contributed by atoms with Crippen molar-refractivity contribution >= 4 is 22.5 Å². The average molecular weight is 406 g/mol. The zero-order valence-electron chi connectivity index (χ0n) is 17.4. The Balaban J connectivity index is 1.76. The van der Waals surface area contributed by atoms with Crippen LogP contribution in [0.3, 0.4) is 0 Å². The molecule has 0 aliphatic heterocycles. The Morgan fingerprint density at radius 1 is 0.871 bits per heavy atom. The fraction of sp³-hybridized carbons (Fsp3) is 0.0769.